The maximum absolute atomic E-state index is 11.9. The van der Waals surface area contributed by atoms with Crippen LogP contribution in [0.3, 0.4) is 0 Å². The van der Waals surface area contributed by atoms with E-state index in [9.17, 15) is 4.79 Å². The van der Waals surface area contributed by atoms with E-state index in [1.807, 2.05) is 31.2 Å². The average molecular weight is 242 g/mol. The summed E-state index contributed by atoms with van der Waals surface area (Å²) < 4.78 is 5.46. The highest BCUT2D eigenvalue weighted by molar-refractivity contribution is 5.96. The Kier molecular flexibility index (Phi) is 3.63. The van der Waals surface area contributed by atoms with Crippen molar-refractivity contribution in [3.05, 3.63) is 36.1 Å². The molecule has 0 saturated carbocycles. The number of carbonyl (C=O) groups is 1. The third-order valence-electron chi connectivity index (χ3n) is 2.82. The fourth-order valence-electron chi connectivity index (χ4n) is 1.76. The van der Waals surface area contributed by atoms with Crippen LogP contribution >= 0.6 is 0 Å². The van der Waals surface area contributed by atoms with Gasteiger partial charge in [0.05, 0.1) is 12.5 Å². The van der Waals surface area contributed by atoms with Crippen LogP contribution in [0.15, 0.2) is 34.7 Å². The van der Waals surface area contributed by atoms with Crippen molar-refractivity contribution >= 4 is 16.9 Å². The second kappa shape index (κ2) is 5.37. The van der Waals surface area contributed by atoms with Crippen LogP contribution in [0.4, 0.5) is 0 Å². The van der Waals surface area contributed by atoms with Gasteiger partial charge in [-0.25, -0.2) is 0 Å². The van der Waals surface area contributed by atoms with E-state index in [2.05, 4.69) is 11.4 Å². The van der Waals surface area contributed by atoms with Crippen molar-refractivity contribution in [3.63, 3.8) is 0 Å². The molecule has 1 amide bonds. The van der Waals surface area contributed by atoms with Gasteiger partial charge in [0, 0.05) is 11.4 Å². The molecule has 0 spiro atoms. The average Bonchev–Trinajstić information content (AvgIpc) is 2.82. The molecule has 2 rings (SSSR count). The second-order valence-corrected chi connectivity index (χ2v) is 4.09. The lowest BCUT2D eigenvalue weighted by Crippen LogP contribution is -2.33. The van der Waals surface area contributed by atoms with Crippen molar-refractivity contribution in [3.8, 4) is 6.07 Å². The fourth-order valence-corrected chi connectivity index (χ4v) is 1.76. The Balaban J connectivity index is 2.16. The summed E-state index contributed by atoms with van der Waals surface area (Å²) >= 11 is 0. The quantitative estimate of drug-likeness (QED) is 0.896. The van der Waals surface area contributed by atoms with E-state index < -0.39 is 0 Å². The Morgan fingerprint density at radius 2 is 2.28 bits per heavy atom. The molecule has 0 aliphatic carbocycles. The topological polar surface area (TPSA) is 66.0 Å². The molecule has 0 aliphatic rings. The first-order valence-electron chi connectivity index (χ1n) is 5.91. The minimum atomic E-state index is -0.270. The number of furan rings is 1. The first kappa shape index (κ1) is 12.2. The van der Waals surface area contributed by atoms with Gasteiger partial charge in [-0.15, -0.1) is 0 Å². The maximum Gasteiger partial charge on any atom is 0.287 e. The number of rotatable bonds is 4. The zero-order valence-electron chi connectivity index (χ0n) is 10.1. The second-order valence-electron chi connectivity index (χ2n) is 4.09. The van der Waals surface area contributed by atoms with Gasteiger partial charge in [-0.05, 0) is 18.6 Å². The van der Waals surface area contributed by atoms with Crippen LogP contribution in [-0.4, -0.2) is 11.9 Å². The number of fused-ring (bicyclic) bond motifs is 1. The van der Waals surface area contributed by atoms with Crippen LogP contribution in [0.1, 0.15) is 30.3 Å². The van der Waals surface area contributed by atoms with Gasteiger partial charge in [0.15, 0.2) is 5.76 Å². The molecule has 0 fully saturated rings. The van der Waals surface area contributed by atoms with E-state index in [4.69, 9.17) is 9.68 Å². The highest BCUT2D eigenvalue weighted by Crippen LogP contribution is 2.18. The molecule has 1 aromatic carbocycles. The Morgan fingerprint density at radius 3 is 2.94 bits per heavy atom. The van der Waals surface area contributed by atoms with Crippen LogP contribution in [-0.2, 0) is 0 Å². The summed E-state index contributed by atoms with van der Waals surface area (Å²) in [7, 11) is 0. The number of hydrogen-bond donors (Lipinski definition) is 1. The lowest BCUT2D eigenvalue weighted by Gasteiger charge is -2.11. The van der Waals surface area contributed by atoms with E-state index in [1.165, 1.54) is 0 Å². The number of nitrogens with one attached hydrogen (secondary N) is 1. The zero-order chi connectivity index (χ0) is 13.0. The lowest BCUT2D eigenvalue weighted by molar-refractivity contribution is 0.0911. The van der Waals surface area contributed by atoms with Crippen LogP contribution in [0.2, 0.25) is 0 Å². The van der Waals surface area contributed by atoms with Crippen molar-refractivity contribution in [2.45, 2.75) is 25.8 Å². The van der Waals surface area contributed by atoms with Gasteiger partial charge in [-0.1, -0.05) is 25.1 Å². The molecule has 0 saturated heterocycles. The summed E-state index contributed by atoms with van der Waals surface area (Å²) in [5.41, 5.74) is 0.691. The van der Waals surface area contributed by atoms with Crippen LogP contribution in [0.5, 0.6) is 0 Å². The standard InChI is InChI=1S/C14H14N2O2/c1-2-11(7-8-15)16-14(17)13-9-10-5-3-4-6-12(10)18-13/h3-6,9,11H,2,7H2,1H3,(H,16,17). The SMILES string of the molecule is CCC(CC#N)NC(=O)c1cc2ccccc2o1. The summed E-state index contributed by atoms with van der Waals surface area (Å²) in [5.74, 6) is 0.0147. The molecule has 0 aliphatic heterocycles. The van der Waals surface area contributed by atoms with Gasteiger partial charge >= 0.3 is 0 Å². The third-order valence-corrected chi connectivity index (χ3v) is 2.82. The van der Waals surface area contributed by atoms with E-state index >= 15 is 0 Å². The van der Waals surface area contributed by atoms with Crippen molar-refractivity contribution in [2.24, 2.45) is 0 Å². The highest BCUT2D eigenvalue weighted by Gasteiger charge is 2.15. The first-order valence-corrected chi connectivity index (χ1v) is 5.91. The van der Waals surface area contributed by atoms with Gasteiger partial charge in [-0.3, -0.25) is 4.79 Å². The number of carbonyl (C=O) groups excluding carboxylic acids is 1. The summed E-state index contributed by atoms with van der Waals surface area (Å²) in [6.07, 6.45) is 1.03. The van der Waals surface area contributed by atoms with E-state index in [0.29, 0.717) is 12.0 Å². The lowest BCUT2D eigenvalue weighted by atomic mass is 10.1. The molecule has 1 atom stereocenters. The Labute approximate surface area is 105 Å². The number of para-hydroxylation sites is 1. The molecule has 0 bridgehead atoms. The van der Waals surface area contributed by atoms with Gasteiger partial charge in [0.2, 0.25) is 0 Å². The number of amides is 1. The normalized spacial score (nSPS) is 12.0. The summed E-state index contributed by atoms with van der Waals surface area (Å²) in [6, 6.07) is 11.1. The monoisotopic (exact) mass is 242 g/mol. The van der Waals surface area contributed by atoms with Crippen molar-refractivity contribution in [1.29, 1.82) is 5.26 Å². The molecule has 92 valence electrons. The molecule has 2 aromatic rings. The summed E-state index contributed by atoms with van der Waals surface area (Å²) in [6.45, 7) is 1.93. The highest BCUT2D eigenvalue weighted by atomic mass is 16.3. The Morgan fingerprint density at radius 1 is 1.50 bits per heavy atom. The van der Waals surface area contributed by atoms with Gasteiger partial charge in [0.25, 0.3) is 5.91 Å². The van der Waals surface area contributed by atoms with Crippen LogP contribution < -0.4 is 5.32 Å². The van der Waals surface area contributed by atoms with Gasteiger partial charge in [-0.2, -0.15) is 5.26 Å². The molecule has 1 N–H and O–H groups in total. The third kappa shape index (κ3) is 2.51. The predicted octanol–water partition coefficient (Wildman–Crippen LogP) is 2.85. The number of benzene rings is 1. The minimum Gasteiger partial charge on any atom is -0.451 e. The molecule has 1 aromatic heterocycles. The number of nitrogens with zero attached hydrogens (tertiary/aromatic N) is 1. The van der Waals surface area contributed by atoms with Crippen LogP contribution in [0.25, 0.3) is 11.0 Å². The zero-order valence-corrected chi connectivity index (χ0v) is 10.1. The summed E-state index contributed by atoms with van der Waals surface area (Å²) in [5, 5.41) is 12.3. The number of nitriles is 1. The van der Waals surface area contributed by atoms with Crippen molar-refractivity contribution < 1.29 is 9.21 Å². The van der Waals surface area contributed by atoms with E-state index in [-0.39, 0.29) is 17.7 Å². The molecule has 4 heteroatoms. The Hall–Kier alpha value is -2.28. The fraction of sp³-hybridized carbons (Fsp3) is 0.286. The molecule has 4 nitrogen and oxygen atoms in total. The molecule has 1 heterocycles. The maximum atomic E-state index is 11.9. The van der Waals surface area contributed by atoms with Crippen LogP contribution in [0, 0.1) is 11.3 Å². The summed E-state index contributed by atoms with van der Waals surface area (Å²) in [4.78, 5) is 11.9. The van der Waals surface area contributed by atoms with E-state index in [0.717, 1.165) is 11.8 Å². The first-order chi connectivity index (χ1) is 8.74. The minimum absolute atomic E-state index is 0.129. The molecule has 0 radical (unpaired) electrons. The van der Waals surface area contributed by atoms with Crippen molar-refractivity contribution in [1.82, 2.24) is 5.32 Å². The smallest absolute Gasteiger partial charge is 0.287 e. The Bertz CT molecular complexity index is 562. The predicted molar refractivity (Wildman–Crippen MR) is 68.0 cm³/mol. The molecular weight excluding hydrogens is 228 g/mol. The molecule has 18 heavy (non-hydrogen) atoms. The molecule has 1 unspecified atom stereocenters. The largest absolute Gasteiger partial charge is 0.451 e. The van der Waals surface area contributed by atoms with E-state index in [1.54, 1.807) is 6.07 Å². The number of hydrogen-bond acceptors (Lipinski definition) is 3. The van der Waals surface area contributed by atoms with Gasteiger partial charge in [0.1, 0.15) is 5.58 Å². The van der Waals surface area contributed by atoms with Gasteiger partial charge < -0.3 is 9.73 Å². The molecular formula is C14H14N2O2. The van der Waals surface area contributed by atoms with Crippen molar-refractivity contribution in [2.75, 3.05) is 0 Å².